The van der Waals surface area contributed by atoms with Gasteiger partial charge in [0.25, 0.3) is 0 Å². The van der Waals surface area contributed by atoms with Gasteiger partial charge in [0.05, 0.1) is 39.1 Å². The Morgan fingerprint density at radius 3 is 2.15 bits per heavy atom. The molecular weight excluding hydrogens is 258 g/mol. The van der Waals surface area contributed by atoms with Crippen molar-refractivity contribution in [3.63, 3.8) is 0 Å². The molecule has 0 bridgehead atoms. The van der Waals surface area contributed by atoms with Crippen LogP contribution >= 0.6 is 0 Å². The van der Waals surface area contributed by atoms with Gasteiger partial charge in [-0.1, -0.05) is 13.3 Å². The number of nitrogens with one attached hydrogen (secondary N) is 1. The first-order chi connectivity index (χ1) is 9.83. The van der Waals surface area contributed by atoms with E-state index in [9.17, 15) is 0 Å². The molecule has 0 atom stereocenters. The zero-order valence-corrected chi connectivity index (χ0v) is 12.8. The van der Waals surface area contributed by atoms with E-state index in [-0.39, 0.29) is 6.10 Å². The second-order valence-corrected chi connectivity index (χ2v) is 5.39. The minimum absolute atomic E-state index is 0.0545. The standard InChI is InChI=1S/C15H31NO4/c1-2-3-5-18-7-9-20-10-8-19-6-4-16-13-14-11-15(17)12-14/h14-17H,2-13H2,1H3. The lowest BCUT2D eigenvalue weighted by atomic mass is 9.82. The maximum atomic E-state index is 9.15. The van der Waals surface area contributed by atoms with Crippen molar-refractivity contribution in [1.82, 2.24) is 5.32 Å². The van der Waals surface area contributed by atoms with Crippen molar-refractivity contribution in [2.45, 2.75) is 38.7 Å². The Hall–Kier alpha value is -0.200. The van der Waals surface area contributed by atoms with Crippen molar-refractivity contribution >= 4 is 0 Å². The molecule has 1 rings (SSSR count). The van der Waals surface area contributed by atoms with E-state index in [2.05, 4.69) is 12.2 Å². The van der Waals surface area contributed by atoms with Gasteiger partial charge in [-0.25, -0.2) is 0 Å². The molecule has 5 nitrogen and oxygen atoms in total. The molecule has 1 saturated carbocycles. The summed E-state index contributed by atoms with van der Waals surface area (Å²) in [5.74, 6) is 0.654. The number of aliphatic hydroxyl groups is 1. The Labute approximate surface area is 123 Å². The molecule has 1 aliphatic carbocycles. The smallest absolute Gasteiger partial charge is 0.0701 e. The first-order valence-electron chi connectivity index (χ1n) is 7.95. The molecule has 1 aliphatic rings. The van der Waals surface area contributed by atoms with Crippen LogP contribution in [0.4, 0.5) is 0 Å². The predicted molar refractivity (Wildman–Crippen MR) is 79.0 cm³/mol. The Morgan fingerprint density at radius 1 is 0.950 bits per heavy atom. The quantitative estimate of drug-likeness (QED) is 0.471. The maximum Gasteiger partial charge on any atom is 0.0701 e. The van der Waals surface area contributed by atoms with E-state index in [1.807, 2.05) is 0 Å². The molecule has 2 N–H and O–H groups in total. The minimum atomic E-state index is -0.0545. The molecule has 0 spiro atoms. The third-order valence-electron chi connectivity index (χ3n) is 3.45. The highest BCUT2D eigenvalue weighted by atomic mass is 16.5. The van der Waals surface area contributed by atoms with Crippen molar-refractivity contribution in [3.8, 4) is 0 Å². The van der Waals surface area contributed by atoms with Gasteiger partial charge in [-0.05, 0) is 31.7 Å². The molecule has 0 amide bonds. The van der Waals surface area contributed by atoms with Crippen LogP contribution in [0.25, 0.3) is 0 Å². The Kier molecular flexibility index (Phi) is 11.2. The fraction of sp³-hybridized carbons (Fsp3) is 1.00. The van der Waals surface area contributed by atoms with Crippen LogP contribution in [-0.4, -0.2) is 63.9 Å². The van der Waals surface area contributed by atoms with E-state index < -0.39 is 0 Å². The van der Waals surface area contributed by atoms with Crippen molar-refractivity contribution in [2.24, 2.45) is 5.92 Å². The van der Waals surface area contributed by atoms with Crippen LogP contribution < -0.4 is 5.32 Å². The number of aliphatic hydroxyl groups excluding tert-OH is 1. The van der Waals surface area contributed by atoms with Gasteiger partial charge in [0, 0.05) is 13.2 Å². The zero-order valence-electron chi connectivity index (χ0n) is 12.8. The molecule has 20 heavy (non-hydrogen) atoms. The summed E-state index contributed by atoms with van der Waals surface area (Å²) in [6.45, 7) is 8.15. The normalized spacial score (nSPS) is 21.9. The highest BCUT2D eigenvalue weighted by Gasteiger charge is 2.26. The van der Waals surface area contributed by atoms with E-state index >= 15 is 0 Å². The first-order valence-corrected chi connectivity index (χ1v) is 7.95. The summed E-state index contributed by atoms with van der Waals surface area (Å²) < 4.78 is 16.2. The van der Waals surface area contributed by atoms with Gasteiger partial charge in [-0.3, -0.25) is 0 Å². The van der Waals surface area contributed by atoms with Crippen molar-refractivity contribution < 1.29 is 19.3 Å². The number of ether oxygens (including phenoxy) is 3. The van der Waals surface area contributed by atoms with E-state index in [1.54, 1.807) is 0 Å². The highest BCUT2D eigenvalue weighted by Crippen LogP contribution is 2.25. The van der Waals surface area contributed by atoms with E-state index in [1.165, 1.54) is 6.42 Å². The second-order valence-electron chi connectivity index (χ2n) is 5.39. The monoisotopic (exact) mass is 289 g/mol. The summed E-state index contributed by atoms with van der Waals surface area (Å²) in [5.41, 5.74) is 0. The molecule has 1 fully saturated rings. The van der Waals surface area contributed by atoms with E-state index in [0.717, 1.165) is 39.0 Å². The summed E-state index contributed by atoms with van der Waals surface area (Å²) >= 11 is 0. The number of hydrogen-bond acceptors (Lipinski definition) is 5. The summed E-state index contributed by atoms with van der Waals surface area (Å²) in [5, 5.41) is 12.5. The summed E-state index contributed by atoms with van der Waals surface area (Å²) in [7, 11) is 0. The van der Waals surface area contributed by atoms with Crippen LogP contribution in [0.5, 0.6) is 0 Å². The van der Waals surface area contributed by atoms with Crippen LogP contribution in [0.1, 0.15) is 32.6 Å². The van der Waals surface area contributed by atoms with Crippen molar-refractivity contribution in [2.75, 3.05) is 52.7 Å². The second kappa shape index (κ2) is 12.5. The van der Waals surface area contributed by atoms with Gasteiger partial charge >= 0.3 is 0 Å². The van der Waals surface area contributed by atoms with Crippen molar-refractivity contribution in [3.05, 3.63) is 0 Å². The van der Waals surface area contributed by atoms with Gasteiger partial charge < -0.3 is 24.6 Å². The average Bonchev–Trinajstić information content (AvgIpc) is 2.41. The molecule has 0 aliphatic heterocycles. The minimum Gasteiger partial charge on any atom is -0.393 e. The lowest BCUT2D eigenvalue weighted by Crippen LogP contribution is -2.37. The highest BCUT2D eigenvalue weighted by molar-refractivity contribution is 4.79. The van der Waals surface area contributed by atoms with Crippen LogP contribution in [0.15, 0.2) is 0 Å². The van der Waals surface area contributed by atoms with Gasteiger partial charge in [0.15, 0.2) is 0 Å². The van der Waals surface area contributed by atoms with Crippen LogP contribution in [0, 0.1) is 5.92 Å². The lowest BCUT2D eigenvalue weighted by molar-refractivity contribution is 0.0136. The molecule has 0 aromatic carbocycles. The van der Waals surface area contributed by atoms with E-state index in [4.69, 9.17) is 19.3 Å². The molecule has 5 heteroatoms. The number of unbranched alkanes of at least 4 members (excludes halogenated alkanes) is 1. The largest absolute Gasteiger partial charge is 0.393 e. The zero-order chi connectivity index (χ0) is 14.5. The van der Waals surface area contributed by atoms with Crippen LogP contribution in [-0.2, 0) is 14.2 Å². The molecule has 0 unspecified atom stereocenters. The Balaban J connectivity index is 1.64. The summed E-state index contributed by atoms with van der Waals surface area (Å²) in [6.07, 6.45) is 4.13. The SMILES string of the molecule is CCCCOCCOCCOCCNCC1CC(O)C1. The molecule has 0 saturated heterocycles. The molecule has 0 radical (unpaired) electrons. The molecule has 0 aromatic heterocycles. The number of hydrogen-bond donors (Lipinski definition) is 2. The van der Waals surface area contributed by atoms with Gasteiger partial charge in [-0.15, -0.1) is 0 Å². The molecule has 120 valence electrons. The average molecular weight is 289 g/mol. The topological polar surface area (TPSA) is 60.0 Å². The number of rotatable bonds is 14. The summed E-state index contributed by atoms with van der Waals surface area (Å²) in [4.78, 5) is 0. The van der Waals surface area contributed by atoms with Gasteiger partial charge in [0.1, 0.15) is 0 Å². The van der Waals surface area contributed by atoms with E-state index in [0.29, 0.717) is 39.0 Å². The Bertz CT molecular complexity index is 210. The predicted octanol–water partition coefficient (Wildman–Crippen LogP) is 1.20. The molecule has 0 aromatic rings. The Morgan fingerprint density at radius 2 is 1.55 bits per heavy atom. The van der Waals surface area contributed by atoms with Crippen molar-refractivity contribution in [1.29, 1.82) is 0 Å². The molecular formula is C15H31NO4. The van der Waals surface area contributed by atoms with Crippen LogP contribution in [0.3, 0.4) is 0 Å². The van der Waals surface area contributed by atoms with Crippen LogP contribution in [0.2, 0.25) is 0 Å². The fourth-order valence-electron chi connectivity index (χ4n) is 2.11. The third kappa shape index (κ3) is 9.66. The van der Waals surface area contributed by atoms with Gasteiger partial charge in [0.2, 0.25) is 0 Å². The molecule has 0 heterocycles. The maximum absolute atomic E-state index is 9.15. The first kappa shape index (κ1) is 17.9. The summed E-state index contributed by atoms with van der Waals surface area (Å²) in [6, 6.07) is 0. The fourth-order valence-corrected chi connectivity index (χ4v) is 2.11. The lowest BCUT2D eigenvalue weighted by Gasteiger charge is -2.31. The third-order valence-corrected chi connectivity index (χ3v) is 3.45. The van der Waals surface area contributed by atoms with Gasteiger partial charge in [-0.2, -0.15) is 0 Å².